The average molecular weight is 778 g/mol. The fraction of sp³-hybridized carbons (Fsp3) is 0.500. The predicted molar refractivity (Wildman–Crippen MR) is 212 cm³/mol. The molecule has 2 aromatic carbocycles. The Morgan fingerprint density at radius 1 is 0.836 bits per heavy atom. The van der Waals surface area contributed by atoms with E-state index in [1.165, 1.54) is 30.6 Å². The van der Waals surface area contributed by atoms with Gasteiger partial charge < -0.3 is 41.6 Å². The number of hydrogen-bond donors (Lipinski definition) is 7. The molecule has 14 nitrogen and oxygen atoms in total. The third-order valence-electron chi connectivity index (χ3n) is 9.87. The van der Waals surface area contributed by atoms with Crippen molar-refractivity contribution in [2.24, 2.45) is 11.8 Å². The van der Waals surface area contributed by atoms with Gasteiger partial charge in [-0.25, -0.2) is 0 Å². The van der Waals surface area contributed by atoms with Gasteiger partial charge in [-0.2, -0.15) is 0 Å². The lowest BCUT2D eigenvalue weighted by Gasteiger charge is -2.35. The number of nitrogens with zero attached hydrogens (tertiary/aromatic N) is 1. The highest BCUT2D eigenvalue weighted by molar-refractivity contribution is 8.00. The third-order valence-corrected chi connectivity index (χ3v) is 11.2. The first-order chi connectivity index (χ1) is 25.9. The van der Waals surface area contributed by atoms with Gasteiger partial charge in [-0.1, -0.05) is 76.2 Å². The summed E-state index contributed by atoms with van der Waals surface area (Å²) in [5, 5.41) is 26.4. The number of para-hydroxylation sites is 1. The summed E-state index contributed by atoms with van der Waals surface area (Å²) in [7, 11) is 1.48. The van der Waals surface area contributed by atoms with Crippen LogP contribution in [0.1, 0.15) is 59.6 Å². The van der Waals surface area contributed by atoms with Crippen LogP contribution in [0.5, 0.6) is 0 Å². The Labute approximate surface area is 326 Å². The molecular formula is C40H55N7O7S. The van der Waals surface area contributed by atoms with E-state index in [2.05, 4.69) is 31.6 Å². The Bertz CT molecular complexity index is 1850. The van der Waals surface area contributed by atoms with Crippen LogP contribution >= 0.6 is 11.8 Å². The molecule has 7 N–H and O–H groups in total. The summed E-state index contributed by atoms with van der Waals surface area (Å²) >= 11 is 1.36. The van der Waals surface area contributed by atoms with Crippen molar-refractivity contribution in [2.75, 3.05) is 12.9 Å². The fourth-order valence-corrected chi connectivity index (χ4v) is 7.96. The number of thioether (sulfide) groups is 1. The summed E-state index contributed by atoms with van der Waals surface area (Å²) in [6.07, 6.45) is 0.211. The van der Waals surface area contributed by atoms with E-state index < -0.39 is 76.5 Å². The largest absolute Gasteiger partial charge is 0.381 e. The first-order valence-electron chi connectivity index (χ1n) is 18.6. The van der Waals surface area contributed by atoms with Crippen molar-refractivity contribution in [3.8, 4) is 0 Å². The minimum Gasteiger partial charge on any atom is -0.381 e. The molecule has 1 aliphatic rings. The standard InChI is InChI=1S/C40H55N7O7S/c1-22(2)31(36(51)41-8)46-38(53)34-40(6,7)55-21-47(34)39(54)33(49)29(18-25-14-10-9-11-15-25)44-37(52)32(23(3)4)45-35(50)30(43-24(5)48)19-26-20-42-28-17-13-12-16-27(26)28/h9-17,20,22-23,29-34,42,49H,18-19,21H2,1-8H3,(H,41,51)(H,43,48)(H,44,52)(H,45,50)(H,46,53)/t29-,30?,31?,32?,33-,34+/m0/s1. The summed E-state index contributed by atoms with van der Waals surface area (Å²) in [5.41, 5.74) is 2.41. The number of amides is 6. The fourth-order valence-electron chi connectivity index (χ4n) is 6.82. The molecule has 0 spiro atoms. The number of fused-ring (bicyclic) bond motifs is 1. The molecule has 0 saturated carbocycles. The molecule has 1 aromatic heterocycles. The number of aromatic amines is 1. The minimum atomic E-state index is -1.79. The number of rotatable bonds is 16. The molecule has 2 heterocycles. The molecule has 0 bridgehead atoms. The highest BCUT2D eigenvalue weighted by Gasteiger charge is 2.50. The maximum atomic E-state index is 14.2. The Balaban J connectivity index is 1.58. The van der Waals surface area contributed by atoms with Crippen LogP contribution in [0.15, 0.2) is 60.8 Å². The van der Waals surface area contributed by atoms with Gasteiger partial charge in [0.2, 0.25) is 29.5 Å². The Morgan fingerprint density at radius 2 is 1.45 bits per heavy atom. The average Bonchev–Trinajstić information content (AvgIpc) is 3.70. The molecule has 3 aromatic rings. The number of hydrogen-bond acceptors (Lipinski definition) is 8. The SMILES string of the molecule is CNC(=O)C(NC(=O)[C@H]1N(C(=O)[C@@H](O)[C@H](Cc2ccccc2)NC(=O)C(NC(=O)C(Cc2c[nH]c3ccccc23)NC(C)=O)C(C)C)CSC1(C)C)C(C)C. The summed E-state index contributed by atoms with van der Waals surface area (Å²) in [4.78, 5) is 85.2. The first kappa shape index (κ1) is 42.8. The predicted octanol–water partition coefficient (Wildman–Crippen LogP) is 2.01. The van der Waals surface area contributed by atoms with Crippen LogP contribution in [-0.2, 0) is 41.6 Å². The molecular weight excluding hydrogens is 723 g/mol. The number of likely N-dealkylation sites (N-methyl/N-ethyl adjacent to an activating group) is 1. The lowest BCUT2D eigenvalue weighted by atomic mass is 9.95. The number of aliphatic hydroxyl groups is 1. The zero-order chi connectivity index (χ0) is 40.6. The van der Waals surface area contributed by atoms with Gasteiger partial charge in [0.25, 0.3) is 5.91 Å². The molecule has 1 saturated heterocycles. The van der Waals surface area contributed by atoms with Gasteiger partial charge in [0.15, 0.2) is 6.10 Å². The van der Waals surface area contributed by atoms with Gasteiger partial charge in [0.1, 0.15) is 24.2 Å². The van der Waals surface area contributed by atoms with Crippen LogP contribution in [0, 0.1) is 11.8 Å². The molecule has 6 amide bonds. The molecule has 4 rings (SSSR count). The van der Waals surface area contributed by atoms with Crippen molar-refractivity contribution in [3.05, 3.63) is 71.9 Å². The zero-order valence-electron chi connectivity index (χ0n) is 32.8. The van der Waals surface area contributed by atoms with E-state index in [4.69, 9.17) is 0 Å². The maximum Gasteiger partial charge on any atom is 0.254 e. The van der Waals surface area contributed by atoms with Gasteiger partial charge in [-0.05, 0) is 49.3 Å². The maximum absolute atomic E-state index is 14.2. The molecule has 55 heavy (non-hydrogen) atoms. The Morgan fingerprint density at radius 3 is 2.07 bits per heavy atom. The molecule has 15 heteroatoms. The number of aromatic nitrogens is 1. The minimum absolute atomic E-state index is 0.0562. The van der Waals surface area contributed by atoms with Crippen molar-refractivity contribution < 1.29 is 33.9 Å². The molecule has 6 atom stereocenters. The molecule has 0 aliphatic carbocycles. The van der Waals surface area contributed by atoms with E-state index in [1.807, 2.05) is 44.2 Å². The van der Waals surface area contributed by atoms with Crippen LogP contribution in [0.2, 0.25) is 0 Å². The molecule has 298 valence electrons. The number of aliphatic hydroxyl groups excluding tert-OH is 1. The van der Waals surface area contributed by atoms with Crippen LogP contribution in [0.25, 0.3) is 10.9 Å². The number of H-pyrrole nitrogens is 1. The zero-order valence-corrected chi connectivity index (χ0v) is 33.6. The highest BCUT2D eigenvalue weighted by Crippen LogP contribution is 2.40. The smallest absolute Gasteiger partial charge is 0.254 e. The molecule has 1 fully saturated rings. The summed E-state index contributed by atoms with van der Waals surface area (Å²) in [6.45, 7) is 12.1. The van der Waals surface area contributed by atoms with Crippen molar-refractivity contribution in [1.82, 2.24) is 36.5 Å². The van der Waals surface area contributed by atoms with Crippen LogP contribution in [0.3, 0.4) is 0 Å². The van der Waals surface area contributed by atoms with Crippen molar-refractivity contribution in [1.29, 1.82) is 0 Å². The van der Waals surface area contributed by atoms with E-state index in [9.17, 15) is 33.9 Å². The van der Waals surface area contributed by atoms with Crippen LogP contribution < -0.4 is 26.6 Å². The van der Waals surface area contributed by atoms with E-state index >= 15 is 0 Å². The monoisotopic (exact) mass is 777 g/mol. The summed E-state index contributed by atoms with van der Waals surface area (Å²) < 4.78 is -0.772. The van der Waals surface area contributed by atoms with E-state index in [0.29, 0.717) is 0 Å². The molecule has 0 radical (unpaired) electrons. The summed E-state index contributed by atoms with van der Waals surface area (Å²) in [5.74, 6) is -3.89. The quantitative estimate of drug-likeness (QED) is 0.115. The van der Waals surface area contributed by atoms with Gasteiger partial charge in [-0.15, -0.1) is 11.8 Å². The van der Waals surface area contributed by atoms with Crippen molar-refractivity contribution in [2.45, 2.75) is 102 Å². The second kappa shape index (κ2) is 18.6. The first-order valence-corrected chi connectivity index (χ1v) is 19.5. The highest BCUT2D eigenvalue weighted by atomic mass is 32.2. The molecule has 3 unspecified atom stereocenters. The second-order valence-corrected chi connectivity index (χ2v) is 16.8. The number of nitrogens with one attached hydrogen (secondary N) is 6. The van der Waals surface area contributed by atoms with Crippen LogP contribution in [-0.4, -0.2) is 104 Å². The Hall–Kier alpha value is -4.89. The third kappa shape index (κ3) is 10.7. The van der Waals surface area contributed by atoms with Gasteiger partial charge >= 0.3 is 0 Å². The Kier molecular flexibility index (Phi) is 14.5. The number of carbonyl (C=O) groups is 6. The lowest BCUT2D eigenvalue weighted by molar-refractivity contribution is -0.148. The number of carbonyl (C=O) groups excluding carboxylic acids is 6. The van der Waals surface area contributed by atoms with E-state index in [-0.39, 0.29) is 30.5 Å². The molecule has 1 aliphatic heterocycles. The van der Waals surface area contributed by atoms with Gasteiger partial charge in [-0.3, -0.25) is 28.8 Å². The number of benzene rings is 2. The summed E-state index contributed by atoms with van der Waals surface area (Å²) in [6, 6.07) is 11.5. The second-order valence-electron chi connectivity index (χ2n) is 15.2. The van der Waals surface area contributed by atoms with E-state index in [1.54, 1.807) is 58.2 Å². The normalized spacial score (nSPS) is 17.9. The van der Waals surface area contributed by atoms with Crippen molar-refractivity contribution in [3.63, 3.8) is 0 Å². The lowest BCUT2D eigenvalue weighted by Crippen LogP contribution is -2.62. The topological polar surface area (TPSA) is 202 Å². The van der Waals surface area contributed by atoms with Gasteiger partial charge in [0, 0.05) is 42.2 Å². The van der Waals surface area contributed by atoms with Crippen LogP contribution in [0.4, 0.5) is 0 Å². The van der Waals surface area contributed by atoms with E-state index in [0.717, 1.165) is 22.0 Å². The van der Waals surface area contributed by atoms with Gasteiger partial charge in [0.05, 0.1) is 11.9 Å². The van der Waals surface area contributed by atoms with Crippen molar-refractivity contribution >= 4 is 58.1 Å².